The molecule has 142 valence electrons. The van der Waals surface area contributed by atoms with E-state index in [-0.39, 0.29) is 27.1 Å². The van der Waals surface area contributed by atoms with Gasteiger partial charge in [-0.15, -0.1) is 0 Å². The molecule has 0 spiro atoms. The lowest BCUT2D eigenvalue weighted by Crippen LogP contribution is -2.32. The molecule has 1 aliphatic heterocycles. The SMILES string of the molecule is O=C(NC[C@H]1CCCO1)c1ccccc1S(=O)(=O)c1ccc([N+](=O)[O-])cc1. The lowest BCUT2D eigenvalue weighted by atomic mass is 10.2. The third-order valence-electron chi connectivity index (χ3n) is 4.29. The maximum Gasteiger partial charge on any atom is 0.269 e. The number of nitro groups is 1. The van der Waals surface area contributed by atoms with Gasteiger partial charge in [0.2, 0.25) is 9.84 Å². The zero-order valence-corrected chi connectivity index (χ0v) is 15.1. The molecule has 1 aliphatic rings. The lowest BCUT2D eigenvalue weighted by Gasteiger charge is -2.13. The van der Waals surface area contributed by atoms with Crippen LogP contribution in [0.15, 0.2) is 58.3 Å². The number of hydrogen-bond acceptors (Lipinski definition) is 6. The molecule has 1 fully saturated rings. The van der Waals surface area contributed by atoms with Gasteiger partial charge in [-0.2, -0.15) is 0 Å². The second-order valence-corrected chi connectivity index (χ2v) is 8.01. The number of non-ortho nitro benzene ring substituents is 1. The highest BCUT2D eigenvalue weighted by atomic mass is 32.2. The molecule has 2 aromatic carbocycles. The maximum absolute atomic E-state index is 12.9. The fourth-order valence-corrected chi connectivity index (χ4v) is 4.33. The summed E-state index contributed by atoms with van der Waals surface area (Å²) in [6.07, 6.45) is 1.72. The summed E-state index contributed by atoms with van der Waals surface area (Å²) in [5.74, 6) is -0.508. The molecule has 0 unspecified atom stereocenters. The average Bonchev–Trinajstić information content (AvgIpc) is 3.20. The van der Waals surface area contributed by atoms with E-state index in [1.807, 2.05) is 0 Å². The Hall–Kier alpha value is -2.78. The fraction of sp³-hybridized carbons (Fsp3) is 0.278. The summed E-state index contributed by atoms with van der Waals surface area (Å²) in [7, 11) is -4.01. The van der Waals surface area contributed by atoms with E-state index < -0.39 is 20.7 Å². The zero-order chi connectivity index (χ0) is 19.4. The normalized spacial score (nSPS) is 16.8. The number of sulfone groups is 1. The molecule has 3 rings (SSSR count). The highest BCUT2D eigenvalue weighted by Gasteiger charge is 2.25. The Kier molecular flexibility index (Phi) is 5.52. The Morgan fingerprint density at radius 2 is 1.89 bits per heavy atom. The first-order chi connectivity index (χ1) is 12.9. The van der Waals surface area contributed by atoms with Crippen molar-refractivity contribution in [3.05, 3.63) is 64.2 Å². The van der Waals surface area contributed by atoms with Gasteiger partial charge in [0, 0.05) is 25.3 Å². The Bertz CT molecular complexity index is 950. The van der Waals surface area contributed by atoms with Crippen molar-refractivity contribution >= 4 is 21.4 Å². The van der Waals surface area contributed by atoms with Crippen LogP contribution >= 0.6 is 0 Å². The lowest BCUT2D eigenvalue weighted by molar-refractivity contribution is -0.384. The van der Waals surface area contributed by atoms with E-state index in [4.69, 9.17) is 4.74 Å². The Morgan fingerprint density at radius 1 is 1.19 bits per heavy atom. The minimum absolute atomic E-state index is 0.0221. The largest absolute Gasteiger partial charge is 0.376 e. The van der Waals surface area contributed by atoms with Gasteiger partial charge < -0.3 is 10.1 Å². The number of carbonyl (C=O) groups is 1. The summed E-state index contributed by atoms with van der Waals surface area (Å²) in [6, 6.07) is 10.4. The summed E-state index contributed by atoms with van der Waals surface area (Å²) in [4.78, 5) is 22.4. The Morgan fingerprint density at radius 3 is 2.52 bits per heavy atom. The molecule has 0 saturated carbocycles. The molecular formula is C18H18N2O6S. The van der Waals surface area contributed by atoms with Gasteiger partial charge in [0.1, 0.15) is 0 Å². The number of nitrogens with zero attached hydrogens (tertiary/aromatic N) is 1. The number of ether oxygens (including phenoxy) is 1. The second kappa shape index (κ2) is 7.85. The monoisotopic (exact) mass is 390 g/mol. The van der Waals surface area contributed by atoms with Crippen LogP contribution in [0, 0.1) is 10.1 Å². The van der Waals surface area contributed by atoms with Gasteiger partial charge in [0.25, 0.3) is 11.6 Å². The van der Waals surface area contributed by atoms with Crippen molar-refractivity contribution in [1.82, 2.24) is 5.32 Å². The van der Waals surface area contributed by atoms with E-state index in [0.717, 1.165) is 37.1 Å². The van der Waals surface area contributed by atoms with Crippen LogP contribution in [0.2, 0.25) is 0 Å². The third kappa shape index (κ3) is 4.15. The van der Waals surface area contributed by atoms with E-state index in [2.05, 4.69) is 5.32 Å². The van der Waals surface area contributed by atoms with Crippen LogP contribution in [-0.2, 0) is 14.6 Å². The van der Waals surface area contributed by atoms with E-state index in [0.29, 0.717) is 13.2 Å². The summed E-state index contributed by atoms with van der Waals surface area (Å²) in [6.45, 7) is 0.969. The predicted octanol–water partition coefficient (Wildman–Crippen LogP) is 2.34. The molecule has 1 amide bonds. The van der Waals surface area contributed by atoms with E-state index >= 15 is 0 Å². The Labute approximate surface area is 156 Å². The molecule has 27 heavy (non-hydrogen) atoms. The topological polar surface area (TPSA) is 116 Å². The summed E-state index contributed by atoms with van der Waals surface area (Å²) in [5.41, 5.74) is -0.189. The number of rotatable bonds is 6. The minimum Gasteiger partial charge on any atom is -0.376 e. The standard InChI is InChI=1S/C18H18N2O6S/c21-18(19-12-14-4-3-11-26-14)16-5-1-2-6-17(16)27(24,25)15-9-7-13(8-10-15)20(22)23/h1-2,5-10,14H,3-4,11-12H2,(H,19,21)/t14-/m1/s1. The smallest absolute Gasteiger partial charge is 0.269 e. The van der Waals surface area contributed by atoms with Crippen molar-refractivity contribution in [1.29, 1.82) is 0 Å². The van der Waals surface area contributed by atoms with Crippen molar-refractivity contribution in [2.45, 2.75) is 28.7 Å². The van der Waals surface area contributed by atoms with Crippen molar-refractivity contribution in [2.75, 3.05) is 13.2 Å². The van der Waals surface area contributed by atoms with Crippen LogP contribution < -0.4 is 5.32 Å². The minimum atomic E-state index is -4.01. The van der Waals surface area contributed by atoms with Crippen LogP contribution in [0.5, 0.6) is 0 Å². The molecule has 1 heterocycles. The zero-order valence-electron chi connectivity index (χ0n) is 14.3. The van der Waals surface area contributed by atoms with Crippen LogP contribution in [0.4, 0.5) is 5.69 Å². The third-order valence-corrected chi connectivity index (χ3v) is 6.12. The molecular weight excluding hydrogens is 372 g/mol. The number of nitrogens with one attached hydrogen (secondary N) is 1. The highest BCUT2D eigenvalue weighted by Crippen LogP contribution is 2.26. The molecule has 0 aliphatic carbocycles. The van der Waals surface area contributed by atoms with Gasteiger partial charge in [-0.05, 0) is 37.1 Å². The van der Waals surface area contributed by atoms with Crippen LogP contribution in [0.3, 0.4) is 0 Å². The molecule has 1 saturated heterocycles. The molecule has 0 radical (unpaired) electrons. The van der Waals surface area contributed by atoms with Crippen LogP contribution in [-0.4, -0.2) is 38.5 Å². The van der Waals surface area contributed by atoms with Crippen molar-refractivity contribution in [2.24, 2.45) is 0 Å². The van der Waals surface area contributed by atoms with Gasteiger partial charge in [0.05, 0.1) is 26.4 Å². The first-order valence-electron chi connectivity index (χ1n) is 8.38. The van der Waals surface area contributed by atoms with Gasteiger partial charge in [-0.1, -0.05) is 12.1 Å². The number of hydrogen-bond donors (Lipinski definition) is 1. The van der Waals surface area contributed by atoms with Crippen molar-refractivity contribution in [3.63, 3.8) is 0 Å². The predicted molar refractivity (Wildman–Crippen MR) is 96.3 cm³/mol. The molecule has 8 nitrogen and oxygen atoms in total. The first-order valence-corrected chi connectivity index (χ1v) is 9.86. The summed E-state index contributed by atoms with van der Waals surface area (Å²) < 4.78 is 31.3. The molecule has 1 atom stereocenters. The number of amides is 1. The molecule has 0 bridgehead atoms. The summed E-state index contributed by atoms with van der Waals surface area (Å²) in [5, 5.41) is 13.5. The molecule has 1 N–H and O–H groups in total. The van der Waals surface area contributed by atoms with E-state index in [9.17, 15) is 23.3 Å². The maximum atomic E-state index is 12.9. The quantitative estimate of drug-likeness (QED) is 0.598. The van der Waals surface area contributed by atoms with Gasteiger partial charge >= 0.3 is 0 Å². The number of carbonyl (C=O) groups excluding carboxylic acids is 1. The van der Waals surface area contributed by atoms with Crippen molar-refractivity contribution in [3.8, 4) is 0 Å². The fourth-order valence-electron chi connectivity index (χ4n) is 2.87. The van der Waals surface area contributed by atoms with Gasteiger partial charge in [-0.3, -0.25) is 14.9 Å². The van der Waals surface area contributed by atoms with Gasteiger partial charge in [0.15, 0.2) is 0 Å². The van der Waals surface area contributed by atoms with Gasteiger partial charge in [-0.25, -0.2) is 8.42 Å². The highest BCUT2D eigenvalue weighted by molar-refractivity contribution is 7.91. The number of nitro benzene ring substituents is 1. The molecule has 9 heteroatoms. The average molecular weight is 390 g/mol. The van der Waals surface area contributed by atoms with E-state index in [1.165, 1.54) is 18.2 Å². The summed E-state index contributed by atoms with van der Waals surface area (Å²) >= 11 is 0. The second-order valence-electron chi connectivity index (χ2n) is 6.10. The first kappa shape index (κ1) is 19.0. The van der Waals surface area contributed by atoms with E-state index in [1.54, 1.807) is 6.07 Å². The van der Waals surface area contributed by atoms with Crippen molar-refractivity contribution < 1.29 is 22.9 Å². The number of benzene rings is 2. The molecule has 2 aromatic rings. The van der Waals surface area contributed by atoms with Crippen LogP contribution in [0.25, 0.3) is 0 Å². The Balaban J connectivity index is 1.87. The van der Waals surface area contributed by atoms with Crippen LogP contribution in [0.1, 0.15) is 23.2 Å². The molecule has 0 aromatic heterocycles.